The van der Waals surface area contributed by atoms with Gasteiger partial charge >= 0.3 is 5.97 Å². The molecule has 1 N–H and O–H groups in total. The van der Waals surface area contributed by atoms with Crippen molar-refractivity contribution in [3.8, 4) is 5.75 Å². The van der Waals surface area contributed by atoms with E-state index in [1.807, 2.05) is 18.2 Å². The third kappa shape index (κ3) is 2.93. The lowest BCUT2D eigenvalue weighted by Crippen LogP contribution is -2.23. The second-order valence-electron chi connectivity index (χ2n) is 4.36. The van der Waals surface area contributed by atoms with E-state index in [1.54, 1.807) is 0 Å². The third-order valence-corrected chi connectivity index (χ3v) is 3.47. The normalized spacial score (nSPS) is 16.2. The first-order valence-electron chi connectivity index (χ1n) is 5.96. The highest BCUT2D eigenvalue weighted by atomic mass is 79.9. The zero-order chi connectivity index (χ0) is 13.1. The fraction of sp³-hybridized carbons (Fsp3) is 0.357. The lowest BCUT2D eigenvalue weighted by atomic mass is 10.0. The molecular weight excluding hydrogens is 296 g/mol. The van der Waals surface area contributed by atoms with Gasteiger partial charge in [-0.25, -0.2) is 4.79 Å². The quantitative estimate of drug-likeness (QED) is 0.918. The predicted molar refractivity (Wildman–Crippen MR) is 73.7 cm³/mol. The number of aliphatic carboxylic acids is 1. The van der Waals surface area contributed by atoms with E-state index in [9.17, 15) is 4.79 Å². The van der Waals surface area contributed by atoms with Crippen LogP contribution in [0.4, 0.5) is 0 Å². The van der Waals surface area contributed by atoms with Crippen molar-refractivity contribution < 1.29 is 14.6 Å². The van der Waals surface area contributed by atoms with Crippen LogP contribution in [0.2, 0.25) is 0 Å². The minimum absolute atomic E-state index is 0.640. The molecule has 1 aromatic rings. The number of carbonyl (C=O) groups is 1. The van der Waals surface area contributed by atoms with Crippen molar-refractivity contribution in [2.24, 2.45) is 0 Å². The van der Waals surface area contributed by atoms with Gasteiger partial charge in [0.2, 0.25) is 0 Å². The molecule has 1 aliphatic rings. The first kappa shape index (κ1) is 13.1. The first-order chi connectivity index (χ1) is 8.58. The second-order valence-corrected chi connectivity index (χ2v) is 5.28. The van der Waals surface area contributed by atoms with Crippen LogP contribution in [0.15, 0.2) is 28.7 Å². The maximum Gasteiger partial charge on any atom is 0.344 e. The number of benzene rings is 1. The molecule has 0 heterocycles. The van der Waals surface area contributed by atoms with Crippen LogP contribution >= 0.6 is 15.9 Å². The van der Waals surface area contributed by atoms with Crippen molar-refractivity contribution in [3.63, 3.8) is 0 Å². The summed E-state index contributed by atoms with van der Waals surface area (Å²) in [6.07, 6.45) is 4.60. The van der Waals surface area contributed by atoms with Crippen molar-refractivity contribution in [2.45, 2.75) is 32.3 Å². The molecule has 0 unspecified atom stereocenters. The SMILES string of the molecule is C[C@H](Oc1ccc(Br)cc1C1=CCCC1)C(=O)O. The average Bonchev–Trinajstić information content (AvgIpc) is 2.84. The van der Waals surface area contributed by atoms with Gasteiger partial charge in [-0.05, 0) is 50.0 Å². The third-order valence-electron chi connectivity index (χ3n) is 2.98. The van der Waals surface area contributed by atoms with E-state index in [0.717, 1.165) is 29.3 Å². The van der Waals surface area contributed by atoms with Crippen LogP contribution in [0, 0.1) is 0 Å². The summed E-state index contributed by atoms with van der Waals surface area (Å²) in [4.78, 5) is 10.9. The molecule has 0 radical (unpaired) electrons. The van der Waals surface area contributed by atoms with Crippen LogP contribution in [0.25, 0.3) is 5.57 Å². The Morgan fingerprint density at radius 1 is 1.50 bits per heavy atom. The Labute approximate surface area is 115 Å². The summed E-state index contributed by atoms with van der Waals surface area (Å²) < 4.78 is 6.49. The number of halogens is 1. The van der Waals surface area contributed by atoms with Crippen LogP contribution in [0.1, 0.15) is 31.7 Å². The minimum atomic E-state index is -0.954. The molecule has 3 nitrogen and oxygen atoms in total. The number of carboxylic acid groups (broad SMARTS) is 1. The van der Waals surface area contributed by atoms with Crippen molar-refractivity contribution in [1.29, 1.82) is 0 Å². The van der Waals surface area contributed by atoms with Gasteiger partial charge in [0.15, 0.2) is 6.10 Å². The summed E-state index contributed by atoms with van der Waals surface area (Å²) >= 11 is 3.44. The van der Waals surface area contributed by atoms with Gasteiger partial charge in [0.05, 0.1) is 0 Å². The lowest BCUT2D eigenvalue weighted by Gasteiger charge is -2.15. The molecule has 0 amide bonds. The van der Waals surface area contributed by atoms with Crippen LogP contribution in [0.5, 0.6) is 5.75 Å². The van der Waals surface area contributed by atoms with Gasteiger partial charge < -0.3 is 9.84 Å². The number of hydrogen-bond donors (Lipinski definition) is 1. The summed E-state index contributed by atoms with van der Waals surface area (Å²) in [5.41, 5.74) is 2.24. The maximum atomic E-state index is 10.9. The maximum absolute atomic E-state index is 10.9. The topological polar surface area (TPSA) is 46.5 Å². The van der Waals surface area contributed by atoms with E-state index >= 15 is 0 Å². The fourth-order valence-electron chi connectivity index (χ4n) is 2.01. The molecule has 0 aromatic heterocycles. The Balaban J connectivity index is 2.31. The molecule has 0 spiro atoms. The van der Waals surface area contributed by atoms with Crippen molar-refractivity contribution in [1.82, 2.24) is 0 Å². The summed E-state index contributed by atoms with van der Waals surface area (Å²) in [5.74, 6) is -0.314. The predicted octanol–water partition coefficient (Wildman–Crippen LogP) is 3.87. The van der Waals surface area contributed by atoms with Crippen LogP contribution in [-0.4, -0.2) is 17.2 Å². The highest BCUT2D eigenvalue weighted by Gasteiger charge is 2.18. The molecule has 1 aliphatic carbocycles. The van der Waals surface area contributed by atoms with Crippen LogP contribution < -0.4 is 4.74 Å². The Hall–Kier alpha value is -1.29. The van der Waals surface area contributed by atoms with Gasteiger partial charge in [-0.2, -0.15) is 0 Å². The van der Waals surface area contributed by atoms with Gasteiger partial charge in [0.1, 0.15) is 5.75 Å². The minimum Gasteiger partial charge on any atom is -0.479 e. The van der Waals surface area contributed by atoms with Crippen LogP contribution in [0.3, 0.4) is 0 Å². The van der Waals surface area contributed by atoms with Crippen molar-refractivity contribution >= 4 is 27.5 Å². The van der Waals surface area contributed by atoms with Gasteiger partial charge in [-0.3, -0.25) is 0 Å². The molecule has 2 rings (SSSR count). The molecule has 1 atom stereocenters. The standard InChI is InChI=1S/C14H15BrO3/c1-9(14(16)17)18-13-7-6-11(15)8-12(13)10-4-2-3-5-10/h4,6-9H,2-3,5H2,1H3,(H,16,17)/t9-/m0/s1. The zero-order valence-corrected chi connectivity index (χ0v) is 11.7. The van der Waals surface area contributed by atoms with E-state index in [1.165, 1.54) is 12.5 Å². The van der Waals surface area contributed by atoms with Crippen LogP contribution in [-0.2, 0) is 4.79 Å². The number of rotatable bonds is 4. The summed E-state index contributed by atoms with van der Waals surface area (Å²) in [7, 11) is 0. The van der Waals surface area contributed by atoms with E-state index in [0.29, 0.717) is 5.75 Å². The molecule has 0 bridgehead atoms. The summed E-state index contributed by atoms with van der Waals surface area (Å²) in [6, 6.07) is 5.67. The molecule has 18 heavy (non-hydrogen) atoms. The van der Waals surface area contributed by atoms with Gasteiger partial charge in [0, 0.05) is 10.0 Å². The Kier molecular flexibility index (Phi) is 4.07. The molecule has 4 heteroatoms. The smallest absolute Gasteiger partial charge is 0.344 e. The van der Waals surface area contributed by atoms with E-state index < -0.39 is 12.1 Å². The lowest BCUT2D eigenvalue weighted by molar-refractivity contribution is -0.144. The molecule has 0 saturated carbocycles. The largest absolute Gasteiger partial charge is 0.479 e. The van der Waals surface area contributed by atoms with Gasteiger partial charge in [-0.1, -0.05) is 22.0 Å². The molecule has 0 fully saturated rings. The molecule has 1 aromatic carbocycles. The van der Waals surface area contributed by atoms with E-state index in [-0.39, 0.29) is 0 Å². The average molecular weight is 311 g/mol. The Bertz CT molecular complexity index is 494. The number of carboxylic acids is 1. The fourth-order valence-corrected chi connectivity index (χ4v) is 2.37. The summed E-state index contributed by atoms with van der Waals surface area (Å²) in [5, 5.41) is 8.91. The second kappa shape index (κ2) is 5.57. The summed E-state index contributed by atoms with van der Waals surface area (Å²) in [6.45, 7) is 1.54. The zero-order valence-electron chi connectivity index (χ0n) is 10.1. The Morgan fingerprint density at radius 2 is 2.28 bits per heavy atom. The highest BCUT2D eigenvalue weighted by Crippen LogP contribution is 2.35. The molecular formula is C14H15BrO3. The Morgan fingerprint density at radius 3 is 2.89 bits per heavy atom. The monoisotopic (exact) mass is 310 g/mol. The molecule has 96 valence electrons. The highest BCUT2D eigenvalue weighted by molar-refractivity contribution is 9.10. The van der Waals surface area contributed by atoms with E-state index in [4.69, 9.17) is 9.84 Å². The number of ether oxygens (including phenoxy) is 1. The number of hydrogen-bond acceptors (Lipinski definition) is 2. The van der Waals surface area contributed by atoms with Gasteiger partial charge in [0.25, 0.3) is 0 Å². The van der Waals surface area contributed by atoms with Gasteiger partial charge in [-0.15, -0.1) is 0 Å². The molecule has 0 aliphatic heterocycles. The molecule has 0 saturated heterocycles. The van der Waals surface area contributed by atoms with Crippen molar-refractivity contribution in [3.05, 3.63) is 34.3 Å². The first-order valence-corrected chi connectivity index (χ1v) is 6.75. The van der Waals surface area contributed by atoms with Crippen molar-refractivity contribution in [2.75, 3.05) is 0 Å². The number of allylic oxidation sites excluding steroid dienone is 2. The van der Waals surface area contributed by atoms with E-state index in [2.05, 4.69) is 22.0 Å².